The van der Waals surface area contributed by atoms with Gasteiger partial charge in [0.15, 0.2) is 0 Å². The largest absolute Gasteiger partial charge is 0.508 e. The van der Waals surface area contributed by atoms with E-state index in [1.165, 1.54) is 12.1 Å². The summed E-state index contributed by atoms with van der Waals surface area (Å²) in [5, 5.41) is 24.9. The first-order valence-corrected chi connectivity index (χ1v) is 6.76. The van der Waals surface area contributed by atoms with E-state index in [0.29, 0.717) is 10.7 Å². The number of aromatic hydroxyl groups is 2. The van der Waals surface area contributed by atoms with Crippen LogP contribution in [0.15, 0.2) is 47.6 Å². The number of phenols is 2. The van der Waals surface area contributed by atoms with Crippen molar-refractivity contribution in [1.29, 1.82) is 0 Å². The predicted molar refractivity (Wildman–Crippen MR) is 85.6 cm³/mol. The number of carbonyl (C=O) groups excluding carboxylic acids is 2. The fourth-order valence-corrected chi connectivity index (χ4v) is 1.78. The van der Waals surface area contributed by atoms with Crippen LogP contribution < -0.4 is 10.7 Å². The summed E-state index contributed by atoms with van der Waals surface area (Å²) in [6.07, 6.45) is 1.13. The SMILES string of the molecule is O=C(NN=Cc1ccc(O)cc1O)C(=O)Nc1ccccc1Cl. The smallest absolute Gasteiger partial charge is 0.329 e. The summed E-state index contributed by atoms with van der Waals surface area (Å²) in [6, 6.07) is 10.3. The van der Waals surface area contributed by atoms with Crippen LogP contribution in [0.5, 0.6) is 11.5 Å². The van der Waals surface area contributed by atoms with Gasteiger partial charge < -0.3 is 15.5 Å². The Kier molecular flexibility index (Phi) is 5.16. The topological polar surface area (TPSA) is 111 Å². The van der Waals surface area contributed by atoms with Gasteiger partial charge in [-0.25, -0.2) is 5.43 Å². The first-order chi connectivity index (χ1) is 11.0. The minimum Gasteiger partial charge on any atom is -0.508 e. The molecule has 0 saturated heterocycles. The Labute approximate surface area is 136 Å². The number of anilines is 1. The molecule has 0 aliphatic rings. The summed E-state index contributed by atoms with van der Waals surface area (Å²) in [5.41, 5.74) is 2.57. The van der Waals surface area contributed by atoms with Crippen LogP contribution in [-0.2, 0) is 9.59 Å². The number of nitrogens with one attached hydrogen (secondary N) is 2. The van der Waals surface area contributed by atoms with E-state index in [2.05, 4.69) is 10.4 Å². The molecule has 118 valence electrons. The molecule has 0 radical (unpaired) electrons. The second kappa shape index (κ2) is 7.28. The molecule has 2 aromatic rings. The van der Waals surface area contributed by atoms with Crippen LogP contribution >= 0.6 is 11.6 Å². The number of benzene rings is 2. The Hall–Kier alpha value is -3.06. The Balaban J connectivity index is 1.95. The van der Waals surface area contributed by atoms with Gasteiger partial charge in [0.05, 0.1) is 16.9 Å². The van der Waals surface area contributed by atoms with E-state index < -0.39 is 11.8 Å². The molecule has 23 heavy (non-hydrogen) atoms. The lowest BCUT2D eigenvalue weighted by atomic mass is 10.2. The molecule has 0 atom stereocenters. The maximum absolute atomic E-state index is 11.7. The molecule has 0 aliphatic carbocycles. The number of amides is 2. The summed E-state index contributed by atoms with van der Waals surface area (Å²) in [7, 11) is 0. The zero-order valence-corrected chi connectivity index (χ0v) is 12.4. The first-order valence-electron chi connectivity index (χ1n) is 6.38. The molecule has 8 heteroatoms. The van der Waals surface area contributed by atoms with Crippen molar-refractivity contribution in [1.82, 2.24) is 5.43 Å². The number of para-hydroxylation sites is 1. The highest BCUT2D eigenvalue weighted by Gasteiger charge is 2.14. The van der Waals surface area contributed by atoms with E-state index in [1.807, 2.05) is 5.43 Å². The molecule has 0 bridgehead atoms. The highest BCUT2D eigenvalue weighted by Crippen LogP contribution is 2.21. The third-order valence-electron chi connectivity index (χ3n) is 2.71. The third kappa shape index (κ3) is 4.45. The van der Waals surface area contributed by atoms with Crippen molar-refractivity contribution >= 4 is 35.3 Å². The second-order valence-corrected chi connectivity index (χ2v) is 4.78. The zero-order valence-electron chi connectivity index (χ0n) is 11.7. The lowest BCUT2D eigenvalue weighted by Gasteiger charge is -2.05. The van der Waals surface area contributed by atoms with Crippen LogP contribution in [0, 0.1) is 0 Å². The van der Waals surface area contributed by atoms with Gasteiger partial charge in [0.2, 0.25) is 0 Å². The van der Waals surface area contributed by atoms with Gasteiger partial charge in [-0.1, -0.05) is 23.7 Å². The van der Waals surface area contributed by atoms with E-state index >= 15 is 0 Å². The molecule has 0 aromatic heterocycles. The van der Waals surface area contributed by atoms with Gasteiger partial charge in [0, 0.05) is 11.6 Å². The minimum absolute atomic E-state index is 0.109. The molecule has 0 heterocycles. The van der Waals surface area contributed by atoms with Crippen LogP contribution in [0.2, 0.25) is 5.02 Å². The molecule has 0 saturated carbocycles. The second-order valence-electron chi connectivity index (χ2n) is 4.38. The fourth-order valence-electron chi connectivity index (χ4n) is 1.59. The Morgan fingerprint density at radius 3 is 2.52 bits per heavy atom. The van der Waals surface area contributed by atoms with Crippen LogP contribution in [0.3, 0.4) is 0 Å². The molecule has 2 rings (SSSR count). The molecule has 7 nitrogen and oxygen atoms in total. The van der Waals surface area contributed by atoms with Crippen molar-refractivity contribution in [3.63, 3.8) is 0 Å². The van der Waals surface area contributed by atoms with Crippen molar-refractivity contribution in [2.75, 3.05) is 5.32 Å². The molecule has 0 aliphatic heterocycles. The standard InChI is InChI=1S/C15H12ClN3O4/c16-11-3-1-2-4-12(11)18-14(22)15(23)19-17-8-9-5-6-10(20)7-13(9)21/h1-8,20-21H,(H,18,22)(H,19,23). The van der Waals surface area contributed by atoms with Gasteiger partial charge in [-0.15, -0.1) is 0 Å². The lowest BCUT2D eigenvalue weighted by molar-refractivity contribution is -0.136. The van der Waals surface area contributed by atoms with Crippen molar-refractivity contribution in [3.05, 3.63) is 53.1 Å². The van der Waals surface area contributed by atoms with E-state index in [-0.39, 0.29) is 17.1 Å². The van der Waals surface area contributed by atoms with Gasteiger partial charge in [-0.2, -0.15) is 5.10 Å². The van der Waals surface area contributed by atoms with Gasteiger partial charge in [-0.3, -0.25) is 9.59 Å². The van der Waals surface area contributed by atoms with Gasteiger partial charge in [-0.05, 0) is 24.3 Å². The van der Waals surface area contributed by atoms with Gasteiger partial charge in [0.25, 0.3) is 0 Å². The fraction of sp³-hybridized carbons (Fsp3) is 0. The number of hydrogen-bond acceptors (Lipinski definition) is 5. The molecule has 4 N–H and O–H groups in total. The number of hydrogen-bond donors (Lipinski definition) is 4. The molecular weight excluding hydrogens is 322 g/mol. The zero-order chi connectivity index (χ0) is 16.8. The summed E-state index contributed by atoms with van der Waals surface area (Å²) in [4.78, 5) is 23.3. The van der Waals surface area contributed by atoms with Crippen molar-refractivity contribution in [2.45, 2.75) is 0 Å². The monoisotopic (exact) mass is 333 g/mol. The van der Waals surface area contributed by atoms with Crippen molar-refractivity contribution in [3.8, 4) is 11.5 Å². The Morgan fingerprint density at radius 2 is 1.83 bits per heavy atom. The highest BCUT2D eigenvalue weighted by molar-refractivity contribution is 6.41. The van der Waals surface area contributed by atoms with Crippen LogP contribution in [-0.4, -0.2) is 28.2 Å². The number of rotatable bonds is 3. The number of carbonyl (C=O) groups is 2. The molecule has 0 spiro atoms. The Morgan fingerprint density at radius 1 is 1.09 bits per heavy atom. The third-order valence-corrected chi connectivity index (χ3v) is 3.04. The maximum atomic E-state index is 11.7. The number of nitrogens with zero attached hydrogens (tertiary/aromatic N) is 1. The molecule has 2 amide bonds. The van der Waals surface area contributed by atoms with E-state index in [4.69, 9.17) is 16.7 Å². The van der Waals surface area contributed by atoms with E-state index in [9.17, 15) is 14.7 Å². The number of phenolic OH excluding ortho intramolecular Hbond substituents is 2. The average Bonchev–Trinajstić information content (AvgIpc) is 2.51. The van der Waals surface area contributed by atoms with E-state index in [0.717, 1.165) is 12.3 Å². The van der Waals surface area contributed by atoms with Gasteiger partial charge >= 0.3 is 11.8 Å². The first kappa shape index (κ1) is 16.3. The lowest BCUT2D eigenvalue weighted by Crippen LogP contribution is -2.32. The Bertz CT molecular complexity index is 777. The van der Waals surface area contributed by atoms with Crippen LogP contribution in [0.1, 0.15) is 5.56 Å². The summed E-state index contributed by atoms with van der Waals surface area (Å²) in [6.45, 7) is 0. The minimum atomic E-state index is -1.00. The quantitative estimate of drug-likeness (QED) is 0.390. The molecule has 0 unspecified atom stereocenters. The number of hydrazone groups is 1. The predicted octanol–water partition coefficient (Wildman–Crippen LogP) is 1.84. The van der Waals surface area contributed by atoms with Crippen molar-refractivity contribution in [2.24, 2.45) is 5.10 Å². The average molecular weight is 334 g/mol. The van der Waals surface area contributed by atoms with Crippen molar-refractivity contribution < 1.29 is 19.8 Å². The molecule has 0 fully saturated rings. The van der Waals surface area contributed by atoms with Crippen LogP contribution in [0.4, 0.5) is 5.69 Å². The van der Waals surface area contributed by atoms with Crippen LogP contribution in [0.25, 0.3) is 0 Å². The van der Waals surface area contributed by atoms with Gasteiger partial charge in [0.1, 0.15) is 11.5 Å². The highest BCUT2D eigenvalue weighted by atomic mass is 35.5. The molecule has 2 aromatic carbocycles. The maximum Gasteiger partial charge on any atom is 0.329 e. The van der Waals surface area contributed by atoms with E-state index in [1.54, 1.807) is 24.3 Å². The normalized spacial score (nSPS) is 10.5. The number of halogens is 1. The molecular formula is C15H12ClN3O4. The summed E-state index contributed by atoms with van der Waals surface area (Å²) >= 11 is 5.86. The summed E-state index contributed by atoms with van der Waals surface area (Å²) in [5.74, 6) is -2.27. The summed E-state index contributed by atoms with van der Waals surface area (Å²) < 4.78 is 0.